The molecule has 3 rings (SSSR count). The molecule has 0 aromatic heterocycles. The quantitative estimate of drug-likeness (QED) is 0.721. The first-order valence-corrected chi connectivity index (χ1v) is 6.80. The van der Waals surface area contributed by atoms with Crippen LogP contribution in [0.4, 0.5) is 0 Å². The highest BCUT2D eigenvalue weighted by molar-refractivity contribution is 6.30. The first-order chi connectivity index (χ1) is 8.03. The van der Waals surface area contributed by atoms with Crippen molar-refractivity contribution in [1.29, 1.82) is 0 Å². The third-order valence-electron chi connectivity index (χ3n) is 4.77. The zero-order valence-corrected chi connectivity index (χ0v) is 11.3. The minimum Gasteiger partial charge on any atom is -0.369 e. The Morgan fingerprint density at radius 1 is 1.29 bits per heavy atom. The predicted octanol–water partition coefficient (Wildman–Crippen LogP) is 4.09. The second-order valence-corrected chi connectivity index (χ2v) is 6.56. The molecule has 1 aromatic rings. The molecule has 1 spiro atoms. The van der Waals surface area contributed by atoms with Crippen molar-refractivity contribution in [2.45, 2.75) is 38.7 Å². The highest BCUT2D eigenvalue weighted by Gasteiger charge is 2.64. The summed E-state index contributed by atoms with van der Waals surface area (Å²) in [5.41, 5.74) is 1.91. The van der Waals surface area contributed by atoms with Crippen LogP contribution in [0.15, 0.2) is 24.3 Å². The van der Waals surface area contributed by atoms with Crippen molar-refractivity contribution in [1.82, 2.24) is 0 Å². The number of ether oxygens (including phenoxy) is 1. The van der Waals surface area contributed by atoms with Gasteiger partial charge in [0.05, 0.1) is 12.2 Å². The maximum Gasteiger partial charge on any atom is 0.0998 e. The molecule has 2 fully saturated rings. The lowest BCUT2D eigenvalue weighted by atomic mass is 9.77. The largest absolute Gasteiger partial charge is 0.369 e. The van der Waals surface area contributed by atoms with E-state index in [-0.39, 0.29) is 5.60 Å². The van der Waals surface area contributed by atoms with Crippen LogP contribution in [0.3, 0.4) is 0 Å². The average molecular weight is 251 g/mol. The summed E-state index contributed by atoms with van der Waals surface area (Å²) in [7, 11) is 0. The van der Waals surface area contributed by atoms with E-state index in [1.165, 1.54) is 18.4 Å². The smallest absolute Gasteiger partial charge is 0.0998 e. The minimum atomic E-state index is 0.173. The molecular formula is C15H19ClO. The fraction of sp³-hybridized carbons (Fsp3) is 0.600. The number of benzene rings is 1. The molecular weight excluding hydrogens is 232 g/mol. The number of halogens is 1. The first kappa shape index (κ1) is 11.6. The normalized spacial score (nSPS) is 34.2. The van der Waals surface area contributed by atoms with Crippen molar-refractivity contribution in [3.63, 3.8) is 0 Å². The molecule has 1 heterocycles. The Labute approximate surface area is 108 Å². The van der Waals surface area contributed by atoms with Crippen molar-refractivity contribution < 1.29 is 4.74 Å². The summed E-state index contributed by atoms with van der Waals surface area (Å²) in [6, 6.07) is 8.25. The van der Waals surface area contributed by atoms with Gasteiger partial charge in [-0.3, -0.25) is 0 Å². The summed E-state index contributed by atoms with van der Waals surface area (Å²) in [5.74, 6) is 0.679. The van der Waals surface area contributed by atoms with E-state index in [1.54, 1.807) is 0 Å². The number of rotatable bonds is 2. The van der Waals surface area contributed by atoms with Gasteiger partial charge in [-0.15, -0.1) is 0 Å². The molecule has 1 saturated heterocycles. The Kier molecular flexibility index (Phi) is 2.53. The standard InChI is InChI=1S/C15H19ClO/c1-14(2)8-7-12(15(14)10-17-15)9-11-3-5-13(16)6-4-11/h3-6,12H,7-10H2,1-2H3. The molecule has 1 saturated carbocycles. The van der Waals surface area contributed by atoms with Gasteiger partial charge in [0.2, 0.25) is 0 Å². The zero-order valence-electron chi connectivity index (χ0n) is 10.5. The number of hydrogen-bond acceptors (Lipinski definition) is 1. The molecule has 1 aromatic carbocycles. The summed E-state index contributed by atoms with van der Waals surface area (Å²) < 4.78 is 5.85. The predicted molar refractivity (Wildman–Crippen MR) is 70.3 cm³/mol. The van der Waals surface area contributed by atoms with Gasteiger partial charge >= 0.3 is 0 Å². The Bertz CT molecular complexity index is 417. The monoisotopic (exact) mass is 250 g/mol. The van der Waals surface area contributed by atoms with Crippen LogP contribution in [0.25, 0.3) is 0 Å². The topological polar surface area (TPSA) is 12.5 Å². The van der Waals surface area contributed by atoms with E-state index in [2.05, 4.69) is 26.0 Å². The van der Waals surface area contributed by atoms with E-state index in [0.717, 1.165) is 18.1 Å². The van der Waals surface area contributed by atoms with Crippen LogP contribution in [0.2, 0.25) is 5.02 Å². The van der Waals surface area contributed by atoms with Gasteiger partial charge in [-0.25, -0.2) is 0 Å². The summed E-state index contributed by atoms with van der Waals surface area (Å²) in [4.78, 5) is 0. The third-order valence-corrected chi connectivity index (χ3v) is 5.03. The first-order valence-electron chi connectivity index (χ1n) is 6.42. The maximum atomic E-state index is 5.92. The molecule has 2 atom stereocenters. The lowest BCUT2D eigenvalue weighted by molar-refractivity contribution is 0.136. The highest BCUT2D eigenvalue weighted by atomic mass is 35.5. The fourth-order valence-electron chi connectivity index (χ4n) is 3.41. The van der Waals surface area contributed by atoms with Gasteiger partial charge in [0, 0.05) is 5.02 Å². The second-order valence-electron chi connectivity index (χ2n) is 6.13. The highest BCUT2D eigenvalue weighted by Crippen LogP contribution is 2.59. The second kappa shape index (κ2) is 3.73. The Hall–Kier alpha value is -0.530. The maximum absolute atomic E-state index is 5.92. The van der Waals surface area contributed by atoms with Crippen molar-refractivity contribution >= 4 is 11.6 Å². The number of hydrogen-bond donors (Lipinski definition) is 0. The zero-order chi connectivity index (χ0) is 12.1. The Morgan fingerprint density at radius 2 is 1.94 bits per heavy atom. The molecule has 1 nitrogen and oxygen atoms in total. The van der Waals surface area contributed by atoms with Crippen LogP contribution in [-0.4, -0.2) is 12.2 Å². The van der Waals surface area contributed by atoms with Gasteiger partial charge in [-0.05, 0) is 48.3 Å². The summed E-state index contributed by atoms with van der Waals surface area (Å²) in [6.07, 6.45) is 3.70. The van der Waals surface area contributed by atoms with Crippen LogP contribution < -0.4 is 0 Å². The van der Waals surface area contributed by atoms with Gasteiger partial charge in [0.25, 0.3) is 0 Å². The Balaban J connectivity index is 1.77. The molecule has 0 amide bonds. The number of epoxide rings is 1. The lowest BCUT2D eigenvalue weighted by Gasteiger charge is -2.27. The Morgan fingerprint density at radius 3 is 2.53 bits per heavy atom. The van der Waals surface area contributed by atoms with Gasteiger partial charge in [0.1, 0.15) is 0 Å². The van der Waals surface area contributed by atoms with Crippen LogP contribution in [0.5, 0.6) is 0 Å². The molecule has 92 valence electrons. The molecule has 2 aliphatic rings. The molecule has 1 aliphatic carbocycles. The van der Waals surface area contributed by atoms with Gasteiger partial charge in [-0.1, -0.05) is 37.6 Å². The molecule has 2 unspecified atom stereocenters. The van der Waals surface area contributed by atoms with Crippen molar-refractivity contribution in [2.24, 2.45) is 11.3 Å². The van der Waals surface area contributed by atoms with E-state index in [4.69, 9.17) is 16.3 Å². The molecule has 1 aliphatic heterocycles. The summed E-state index contributed by atoms with van der Waals surface area (Å²) in [6.45, 7) is 5.65. The SMILES string of the molecule is CC1(C)CCC(Cc2ccc(Cl)cc2)C12CO2. The molecule has 17 heavy (non-hydrogen) atoms. The lowest BCUT2D eigenvalue weighted by Crippen LogP contribution is -2.33. The average Bonchev–Trinajstić information content (AvgIpc) is 3.04. The molecule has 0 radical (unpaired) electrons. The van der Waals surface area contributed by atoms with Crippen molar-refractivity contribution in [3.05, 3.63) is 34.9 Å². The van der Waals surface area contributed by atoms with Crippen molar-refractivity contribution in [3.8, 4) is 0 Å². The van der Waals surface area contributed by atoms with E-state index in [1.807, 2.05) is 12.1 Å². The summed E-state index contributed by atoms with van der Waals surface area (Å²) in [5, 5.41) is 0.817. The van der Waals surface area contributed by atoms with E-state index < -0.39 is 0 Å². The van der Waals surface area contributed by atoms with Gasteiger partial charge in [-0.2, -0.15) is 0 Å². The van der Waals surface area contributed by atoms with Crippen LogP contribution in [0.1, 0.15) is 32.3 Å². The molecule has 0 bridgehead atoms. The minimum absolute atomic E-state index is 0.173. The summed E-state index contributed by atoms with van der Waals surface area (Å²) >= 11 is 5.92. The van der Waals surface area contributed by atoms with Gasteiger partial charge in [0.15, 0.2) is 0 Å². The fourth-order valence-corrected chi connectivity index (χ4v) is 3.53. The van der Waals surface area contributed by atoms with E-state index in [0.29, 0.717) is 11.3 Å². The van der Waals surface area contributed by atoms with Gasteiger partial charge < -0.3 is 4.74 Å². The van der Waals surface area contributed by atoms with Crippen molar-refractivity contribution in [2.75, 3.05) is 6.61 Å². The van der Waals surface area contributed by atoms with E-state index >= 15 is 0 Å². The van der Waals surface area contributed by atoms with Crippen LogP contribution in [0, 0.1) is 11.3 Å². The van der Waals surface area contributed by atoms with Crippen LogP contribution >= 0.6 is 11.6 Å². The molecule has 0 N–H and O–H groups in total. The molecule has 2 heteroatoms. The van der Waals surface area contributed by atoms with Crippen LogP contribution in [-0.2, 0) is 11.2 Å². The third kappa shape index (κ3) is 1.80. The van der Waals surface area contributed by atoms with E-state index in [9.17, 15) is 0 Å².